The number of aliphatic hydroxyl groups excluding tert-OH is 1. The van der Waals surface area contributed by atoms with Crippen LogP contribution in [-0.2, 0) is 6.42 Å². The summed E-state index contributed by atoms with van der Waals surface area (Å²) in [6, 6.07) is 7.30. The van der Waals surface area contributed by atoms with Crippen molar-refractivity contribution < 1.29 is 18.6 Å². The van der Waals surface area contributed by atoms with Gasteiger partial charge in [-0.25, -0.2) is 8.78 Å². The van der Waals surface area contributed by atoms with Gasteiger partial charge in [0.25, 0.3) is 6.43 Å². The van der Waals surface area contributed by atoms with Crippen molar-refractivity contribution >= 4 is 17.2 Å². The lowest BCUT2D eigenvalue weighted by Gasteiger charge is -2.20. The van der Waals surface area contributed by atoms with Crippen LogP contribution in [0.5, 0.6) is 5.75 Å². The molecule has 0 saturated carbocycles. The van der Waals surface area contributed by atoms with E-state index < -0.39 is 6.43 Å². The van der Waals surface area contributed by atoms with Crippen molar-refractivity contribution in [3.05, 3.63) is 29.8 Å². The van der Waals surface area contributed by atoms with Gasteiger partial charge in [-0.05, 0) is 17.7 Å². The normalized spacial score (nSPS) is 11.1. The van der Waals surface area contributed by atoms with Crippen molar-refractivity contribution in [1.29, 1.82) is 0 Å². The predicted molar refractivity (Wildman–Crippen MR) is 82.0 cm³/mol. The molecule has 118 valence electrons. The first-order chi connectivity index (χ1) is 10.0. The summed E-state index contributed by atoms with van der Waals surface area (Å²) in [4.78, 5) is 1.89. The number of hydrogen-bond donors (Lipinski definition) is 2. The highest BCUT2D eigenvalue weighted by Gasteiger charge is 2.11. The highest BCUT2D eigenvalue weighted by Crippen LogP contribution is 2.12. The molecule has 0 aliphatic rings. The molecule has 4 nitrogen and oxygen atoms in total. The number of halogens is 2. The van der Waals surface area contributed by atoms with E-state index in [9.17, 15) is 8.78 Å². The molecule has 0 spiro atoms. The SMILES string of the molecule is NC(=S)Cc1ccc(OCCN(CCO)CC(F)F)cc1. The van der Waals surface area contributed by atoms with Crippen molar-refractivity contribution in [2.75, 3.05) is 32.8 Å². The van der Waals surface area contributed by atoms with Gasteiger partial charge in [-0.3, -0.25) is 4.90 Å². The average Bonchev–Trinajstić information content (AvgIpc) is 2.39. The Kier molecular flexibility index (Phi) is 8.11. The van der Waals surface area contributed by atoms with Gasteiger partial charge >= 0.3 is 0 Å². The molecule has 0 heterocycles. The Labute approximate surface area is 128 Å². The van der Waals surface area contributed by atoms with Crippen LogP contribution in [-0.4, -0.2) is 54.3 Å². The Morgan fingerprint density at radius 3 is 2.48 bits per heavy atom. The van der Waals surface area contributed by atoms with Crippen LogP contribution >= 0.6 is 12.2 Å². The summed E-state index contributed by atoms with van der Waals surface area (Å²) < 4.78 is 30.1. The molecule has 0 saturated heterocycles. The van der Waals surface area contributed by atoms with Crippen molar-refractivity contribution in [2.45, 2.75) is 12.8 Å². The van der Waals surface area contributed by atoms with Crippen LogP contribution in [0.3, 0.4) is 0 Å². The zero-order valence-corrected chi connectivity index (χ0v) is 12.5. The molecule has 3 N–H and O–H groups in total. The van der Waals surface area contributed by atoms with Crippen molar-refractivity contribution in [1.82, 2.24) is 4.90 Å². The first kappa shape index (κ1) is 17.7. The Morgan fingerprint density at radius 2 is 1.95 bits per heavy atom. The van der Waals surface area contributed by atoms with Crippen molar-refractivity contribution in [3.63, 3.8) is 0 Å². The molecule has 0 aromatic heterocycles. The lowest BCUT2D eigenvalue weighted by Crippen LogP contribution is -2.35. The quantitative estimate of drug-likeness (QED) is 0.640. The van der Waals surface area contributed by atoms with E-state index in [2.05, 4.69) is 0 Å². The Morgan fingerprint density at radius 1 is 1.29 bits per heavy atom. The Balaban J connectivity index is 2.38. The van der Waals surface area contributed by atoms with E-state index >= 15 is 0 Å². The number of thiocarbonyl (C=S) groups is 1. The standard InChI is InChI=1S/C14H20F2N2O2S/c15-13(16)10-18(5-7-19)6-8-20-12-3-1-11(2-4-12)9-14(17)21/h1-4,13,19H,5-10H2,(H2,17,21). The minimum absolute atomic E-state index is 0.152. The van der Waals surface area contributed by atoms with E-state index in [4.69, 9.17) is 27.8 Å². The number of benzene rings is 1. The monoisotopic (exact) mass is 318 g/mol. The maximum absolute atomic E-state index is 12.3. The molecule has 0 aliphatic heterocycles. The predicted octanol–water partition coefficient (Wildman–Crippen LogP) is 1.45. The number of nitrogens with two attached hydrogens (primary N) is 1. The van der Waals surface area contributed by atoms with Crippen LogP contribution in [0.25, 0.3) is 0 Å². The number of hydrogen-bond acceptors (Lipinski definition) is 4. The molecule has 7 heteroatoms. The Hall–Kier alpha value is -1.31. The highest BCUT2D eigenvalue weighted by atomic mass is 32.1. The largest absolute Gasteiger partial charge is 0.492 e. The summed E-state index contributed by atoms with van der Waals surface area (Å²) in [7, 11) is 0. The van der Waals surface area contributed by atoms with Gasteiger partial charge in [-0.1, -0.05) is 24.4 Å². The average molecular weight is 318 g/mol. The number of nitrogens with zero attached hydrogens (tertiary/aromatic N) is 1. The van der Waals surface area contributed by atoms with Crippen LogP contribution < -0.4 is 10.5 Å². The molecule has 21 heavy (non-hydrogen) atoms. The van der Waals surface area contributed by atoms with Gasteiger partial charge in [0.05, 0.1) is 18.1 Å². The van der Waals surface area contributed by atoms with Crippen LogP contribution in [0, 0.1) is 0 Å². The molecule has 0 aliphatic carbocycles. The van der Waals surface area contributed by atoms with Crippen molar-refractivity contribution in [3.8, 4) is 5.75 Å². The third-order valence-electron chi connectivity index (χ3n) is 2.79. The fourth-order valence-corrected chi connectivity index (χ4v) is 1.99. The zero-order chi connectivity index (χ0) is 15.7. The molecule has 0 bridgehead atoms. The van der Waals surface area contributed by atoms with Crippen molar-refractivity contribution in [2.24, 2.45) is 5.73 Å². The number of ether oxygens (including phenoxy) is 1. The summed E-state index contributed by atoms with van der Waals surface area (Å²) in [5, 5.41) is 8.82. The summed E-state index contributed by atoms with van der Waals surface area (Å²) in [6.45, 7) is 0.304. The minimum atomic E-state index is -2.42. The number of rotatable bonds is 10. The van der Waals surface area contributed by atoms with E-state index in [1.807, 2.05) is 12.1 Å². The van der Waals surface area contributed by atoms with E-state index in [-0.39, 0.29) is 26.3 Å². The first-order valence-corrected chi connectivity index (χ1v) is 7.03. The second-order valence-corrected chi connectivity index (χ2v) is 5.08. The van der Waals surface area contributed by atoms with Crippen LogP contribution in [0.15, 0.2) is 24.3 Å². The van der Waals surface area contributed by atoms with Gasteiger partial charge in [0.15, 0.2) is 0 Å². The second-order valence-electron chi connectivity index (χ2n) is 4.55. The van der Waals surface area contributed by atoms with Gasteiger partial charge in [-0.15, -0.1) is 0 Å². The topological polar surface area (TPSA) is 58.7 Å². The molecular formula is C14H20F2N2O2S. The summed E-state index contributed by atoms with van der Waals surface area (Å²) in [6.07, 6.45) is -1.88. The number of alkyl halides is 2. The maximum Gasteiger partial charge on any atom is 0.251 e. The fourth-order valence-electron chi connectivity index (χ4n) is 1.83. The third kappa shape index (κ3) is 7.89. The highest BCUT2D eigenvalue weighted by molar-refractivity contribution is 7.80. The van der Waals surface area contributed by atoms with Gasteiger partial charge in [0.2, 0.25) is 0 Å². The molecule has 0 unspecified atom stereocenters. The van der Waals surface area contributed by atoms with Gasteiger partial charge < -0.3 is 15.6 Å². The van der Waals surface area contributed by atoms with Crippen LogP contribution in [0.1, 0.15) is 5.56 Å². The summed E-state index contributed by atoms with van der Waals surface area (Å²) in [5.41, 5.74) is 6.45. The van der Waals surface area contributed by atoms with Crippen LogP contribution in [0.4, 0.5) is 8.78 Å². The Bertz CT molecular complexity index is 429. The molecule has 0 fully saturated rings. The molecule has 0 radical (unpaired) electrons. The summed E-state index contributed by atoms with van der Waals surface area (Å²) in [5.74, 6) is 0.655. The third-order valence-corrected chi connectivity index (χ3v) is 2.93. The minimum Gasteiger partial charge on any atom is -0.492 e. The lowest BCUT2D eigenvalue weighted by atomic mass is 10.1. The molecule has 1 aromatic rings. The van der Waals surface area contributed by atoms with Gasteiger partial charge in [-0.2, -0.15) is 0 Å². The molecule has 0 amide bonds. The summed E-state index contributed by atoms with van der Waals surface area (Å²) >= 11 is 4.83. The van der Waals surface area contributed by atoms with E-state index in [0.29, 0.717) is 23.7 Å². The second kappa shape index (κ2) is 9.59. The molecule has 1 rings (SSSR count). The van der Waals surface area contributed by atoms with Gasteiger partial charge in [0.1, 0.15) is 12.4 Å². The maximum atomic E-state index is 12.3. The zero-order valence-electron chi connectivity index (χ0n) is 11.7. The smallest absolute Gasteiger partial charge is 0.251 e. The fraction of sp³-hybridized carbons (Fsp3) is 0.500. The van der Waals surface area contributed by atoms with E-state index in [1.54, 1.807) is 12.1 Å². The van der Waals surface area contributed by atoms with Gasteiger partial charge in [0, 0.05) is 19.5 Å². The first-order valence-electron chi connectivity index (χ1n) is 6.62. The molecular weight excluding hydrogens is 298 g/mol. The number of aliphatic hydroxyl groups is 1. The van der Waals surface area contributed by atoms with E-state index in [0.717, 1.165) is 5.56 Å². The molecule has 0 atom stereocenters. The molecule has 1 aromatic carbocycles. The van der Waals surface area contributed by atoms with Crippen LogP contribution in [0.2, 0.25) is 0 Å². The lowest BCUT2D eigenvalue weighted by molar-refractivity contribution is 0.0709. The van der Waals surface area contributed by atoms with E-state index in [1.165, 1.54) is 4.90 Å².